The number of fused-ring (bicyclic) bond motifs is 3. The molecule has 1 aliphatic heterocycles. The summed E-state index contributed by atoms with van der Waals surface area (Å²) in [5.74, 6) is 0.605. The van der Waals surface area contributed by atoms with Crippen LogP contribution in [0.1, 0.15) is 51.0 Å². The van der Waals surface area contributed by atoms with E-state index in [-0.39, 0.29) is 12.0 Å². The fourth-order valence-corrected chi connectivity index (χ4v) is 4.96. The van der Waals surface area contributed by atoms with E-state index in [4.69, 9.17) is 4.74 Å². The maximum Gasteiger partial charge on any atom is 0.336 e. The number of carbonyl (C=O) groups is 1. The van der Waals surface area contributed by atoms with Crippen molar-refractivity contribution in [2.75, 3.05) is 5.32 Å². The van der Waals surface area contributed by atoms with Gasteiger partial charge in [0.25, 0.3) is 0 Å². The molecule has 4 heteroatoms. The molecule has 3 atom stereocenters. The van der Waals surface area contributed by atoms with Crippen molar-refractivity contribution in [1.82, 2.24) is 0 Å². The topological polar surface area (TPSA) is 58.6 Å². The van der Waals surface area contributed by atoms with E-state index in [1.807, 2.05) is 49.4 Å². The number of rotatable bonds is 5. The molecule has 2 aliphatic rings. The molecular weight excluding hydrogens is 386 g/mol. The minimum absolute atomic E-state index is 0.0437. The number of anilines is 1. The Morgan fingerprint density at radius 1 is 1.03 bits per heavy atom. The zero-order valence-corrected chi connectivity index (χ0v) is 17.4. The molecule has 0 bridgehead atoms. The van der Waals surface area contributed by atoms with Crippen LogP contribution in [0.15, 0.2) is 78.9 Å². The first-order chi connectivity index (χ1) is 15.1. The van der Waals surface area contributed by atoms with Gasteiger partial charge in [-0.2, -0.15) is 0 Å². The Morgan fingerprint density at radius 2 is 1.81 bits per heavy atom. The number of carboxylic acids is 1. The molecule has 2 N–H and O–H groups in total. The monoisotopic (exact) mass is 411 g/mol. The van der Waals surface area contributed by atoms with Gasteiger partial charge in [0.1, 0.15) is 12.4 Å². The fraction of sp³-hybridized carbons (Fsp3) is 0.222. The van der Waals surface area contributed by atoms with Crippen LogP contribution in [0, 0.1) is 12.8 Å². The number of ether oxygens (including phenoxy) is 1. The van der Waals surface area contributed by atoms with Crippen molar-refractivity contribution in [3.63, 3.8) is 0 Å². The van der Waals surface area contributed by atoms with Gasteiger partial charge in [0.15, 0.2) is 0 Å². The zero-order chi connectivity index (χ0) is 21.4. The van der Waals surface area contributed by atoms with Gasteiger partial charge in [-0.25, -0.2) is 4.79 Å². The third kappa shape index (κ3) is 3.48. The normalized spacial score (nSPS) is 21.1. The Bertz CT molecular complexity index is 1150. The van der Waals surface area contributed by atoms with Gasteiger partial charge in [-0.3, -0.25) is 0 Å². The predicted octanol–water partition coefficient (Wildman–Crippen LogP) is 6.10. The van der Waals surface area contributed by atoms with Crippen molar-refractivity contribution in [2.24, 2.45) is 5.92 Å². The number of para-hydroxylation sites is 1. The minimum atomic E-state index is -0.894. The lowest BCUT2D eigenvalue weighted by atomic mass is 9.75. The molecule has 31 heavy (non-hydrogen) atoms. The third-order valence-electron chi connectivity index (χ3n) is 6.52. The summed E-state index contributed by atoms with van der Waals surface area (Å²) in [7, 11) is 0. The number of allylic oxidation sites excluding steroid dienone is 2. The van der Waals surface area contributed by atoms with Crippen LogP contribution in [0.5, 0.6) is 5.75 Å². The van der Waals surface area contributed by atoms with Gasteiger partial charge in [-0.05, 0) is 48.1 Å². The molecule has 0 saturated heterocycles. The van der Waals surface area contributed by atoms with Gasteiger partial charge in [-0.15, -0.1) is 0 Å². The maximum absolute atomic E-state index is 11.7. The van der Waals surface area contributed by atoms with Gasteiger partial charge in [0.05, 0.1) is 11.6 Å². The van der Waals surface area contributed by atoms with Crippen molar-refractivity contribution in [1.29, 1.82) is 0 Å². The molecule has 5 rings (SSSR count). The smallest absolute Gasteiger partial charge is 0.336 e. The molecule has 1 aliphatic carbocycles. The summed E-state index contributed by atoms with van der Waals surface area (Å²) < 4.78 is 6.25. The van der Waals surface area contributed by atoms with E-state index in [1.165, 1.54) is 5.56 Å². The molecule has 0 radical (unpaired) electrons. The summed E-state index contributed by atoms with van der Waals surface area (Å²) in [5, 5.41) is 13.3. The van der Waals surface area contributed by atoms with Gasteiger partial charge in [0, 0.05) is 17.2 Å². The number of nitrogens with one attached hydrogen (secondary N) is 1. The molecule has 0 saturated carbocycles. The first-order valence-electron chi connectivity index (χ1n) is 10.7. The van der Waals surface area contributed by atoms with E-state index >= 15 is 0 Å². The number of carboxylic acid groups (broad SMARTS) is 1. The highest BCUT2D eigenvalue weighted by molar-refractivity contribution is 5.92. The molecule has 3 aromatic carbocycles. The van der Waals surface area contributed by atoms with Crippen molar-refractivity contribution in [3.8, 4) is 5.75 Å². The summed E-state index contributed by atoms with van der Waals surface area (Å²) in [6.45, 7) is 2.40. The Balaban J connectivity index is 1.52. The van der Waals surface area contributed by atoms with Crippen LogP contribution < -0.4 is 10.1 Å². The van der Waals surface area contributed by atoms with E-state index in [9.17, 15) is 9.90 Å². The Morgan fingerprint density at radius 3 is 2.61 bits per heavy atom. The lowest BCUT2D eigenvalue weighted by molar-refractivity contribution is 0.0696. The van der Waals surface area contributed by atoms with E-state index < -0.39 is 5.97 Å². The van der Waals surface area contributed by atoms with Crippen LogP contribution in [0.3, 0.4) is 0 Å². The molecule has 0 fully saturated rings. The van der Waals surface area contributed by atoms with E-state index in [0.717, 1.165) is 34.5 Å². The van der Waals surface area contributed by atoms with Gasteiger partial charge < -0.3 is 15.2 Å². The lowest BCUT2D eigenvalue weighted by Crippen LogP contribution is -2.30. The average molecular weight is 412 g/mol. The molecule has 0 spiro atoms. The number of hydrogen-bond donors (Lipinski definition) is 2. The van der Waals surface area contributed by atoms with Crippen LogP contribution >= 0.6 is 0 Å². The summed E-state index contributed by atoms with van der Waals surface area (Å²) in [6.07, 6.45) is 5.49. The van der Waals surface area contributed by atoms with Crippen LogP contribution in [0.25, 0.3) is 0 Å². The second-order valence-electron chi connectivity index (χ2n) is 8.30. The van der Waals surface area contributed by atoms with Crippen LogP contribution in [0.2, 0.25) is 0 Å². The van der Waals surface area contributed by atoms with Gasteiger partial charge in [-0.1, -0.05) is 66.7 Å². The molecule has 3 aromatic rings. The molecule has 0 amide bonds. The fourth-order valence-electron chi connectivity index (χ4n) is 4.96. The molecular formula is C27H25NO3. The summed E-state index contributed by atoms with van der Waals surface area (Å²) >= 11 is 0. The first kappa shape index (κ1) is 19.4. The van der Waals surface area contributed by atoms with Crippen molar-refractivity contribution in [2.45, 2.75) is 31.9 Å². The van der Waals surface area contributed by atoms with Crippen molar-refractivity contribution in [3.05, 3.63) is 107 Å². The third-order valence-corrected chi connectivity index (χ3v) is 6.52. The molecule has 1 heterocycles. The first-order valence-corrected chi connectivity index (χ1v) is 10.7. The van der Waals surface area contributed by atoms with Gasteiger partial charge >= 0.3 is 5.97 Å². The summed E-state index contributed by atoms with van der Waals surface area (Å²) in [6, 6.07) is 22.1. The Hall–Kier alpha value is -3.53. The molecule has 156 valence electrons. The highest BCUT2D eigenvalue weighted by atomic mass is 16.5. The van der Waals surface area contributed by atoms with Crippen molar-refractivity contribution >= 4 is 11.7 Å². The molecule has 4 nitrogen and oxygen atoms in total. The zero-order valence-electron chi connectivity index (χ0n) is 17.4. The van der Waals surface area contributed by atoms with Crippen LogP contribution in [0.4, 0.5) is 5.69 Å². The van der Waals surface area contributed by atoms with Crippen LogP contribution in [-0.4, -0.2) is 11.1 Å². The molecule has 0 aromatic heterocycles. The second kappa shape index (κ2) is 7.95. The largest absolute Gasteiger partial charge is 0.489 e. The van der Waals surface area contributed by atoms with E-state index in [2.05, 4.69) is 35.7 Å². The summed E-state index contributed by atoms with van der Waals surface area (Å²) in [5.41, 5.74) is 5.50. The molecule has 0 unspecified atom stereocenters. The lowest BCUT2D eigenvalue weighted by Gasteiger charge is -2.39. The van der Waals surface area contributed by atoms with Gasteiger partial charge in [0.2, 0.25) is 0 Å². The van der Waals surface area contributed by atoms with E-state index in [1.54, 1.807) is 6.07 Å². The Labute approximate surface area is 182 Å². The number of aromatic carboxylic acids is 1. The predicted molar refractivity (Wildman–Crippen MR) is 122 cm³/mol. The Kier molecular flexibility index (Phi) is 4.99. The number of benzene rings is 3. The second-order valence-corrected chi connectivity index (χ2v) is 8.30. The van der Waals surface area contributed by atoms with Crippen molar-refractivity contribution < 1.29 is 14.6 Å². The van der Waals surface area contributed by atoms with Crippen LogP contribution in [-0.2, 0) is 6.61 Å². The van der Waals surface area contributed by atoms with E-state index in [0.29, 0.717) is 18.1 Å². The SMILES string of the molecule is Cc1c(C(=O)O)ccc2c1N[C@@H](c1ccccc1OCc1ccccc1)[C@H]1CC=C[C@@H]21. The average Bonchev–Trinajstić information content (AvgIpc) is 3.28. The highest BCUT2D eigenvalue weighted by Gasteiger charge is 2.40. The number of hydrogen-bond acceptors (Lipinski definition) is 3. The summed E-state index contributed by atoms with van der Waals surface area (Å²) in [4.78, 5) is 11.7. The minimum Gasteiger partial charge on any atom is -0.489 e. The standard InChI is InChI=1S/C27H25NO3/c1-17-19(27(29)30)14-15-22-20-11-7-12-21(20)26(28-25(17)22)23-10-5-6-13-24(23)31-16-18-8-3-2-4-9-18/h2-11,13-15,20-21,26,28H,12,16H2,1H3,(H,29,30)/t20-,21+,26-/m1/s1. The quantitative estimate of drug-likeness (QED) is 0.498. The maximum atomic E-state index is 11.7. The highest BCUT2D eigenvalue weighted by Crippen LogP contribution is 2.52.